The van der Waals surface area contributed by atoms with E-state index in [1.54, 1.807) is 18.0 Å². The van der Waals surface area contributed by atoms with Crippen molar-refractivity contribution in [3.05, 3.63) is 108 Å². The smallest absolute Gasteiger partial charge is 0.271 e. The molecule has 0 aliphatic heterocycles. The first-order valence-electron chi connectivity index (χ1n) is 10.2. The van der Waals surface area contributed by atoms with Crippen LogP contribution in [-0.2, 0) is 5.75 Å². The molecule has 2 aromatic heterocycles. The number of aromatic nitrogens is 2. The lowest BCUT2D eigenvalue weighted by Gasteiger charge is -2.06. The van der Waals surface area contributed by atoms with E-state index in [-0.39, 0.29) is 5.91 Å². The summed E-state index contributed by atoms with van der Waals surface area (Å²) in [5.41, 5.74) is 7.29. The first-order chi connectivity index (χ1) is 15.8. The van der Waals surface area contributed by atoms with E-state index in [4.69, 9.17) is 0 Å². The minimum absolute atomic E-state index is 0.237. The molecular weight excluding hydrogens is 416 g/mol. The number of thioether (sulfide) groups is 1. The van der Waals surface area contributed by atoms with E-state index >= 15 is 0 Å². The van der Waals surface area contributed by atoms with Gasteiger partial charge in [-0.2, -0.15) is 5.10 Å². The van der Waals surface area contributed by atoms with E-state index in [9.17, 15) is 4.79 Å². The van der Waals surface area contributed by atoms with Crippen molar-refractivity contribution in [1.29, 1.82) is 0 Å². The van der Waals surface area contributed by atoms with E-state index in [2.05, 4.69) is 44.8 Å². The number of carbonyl (C=O) groups excluding carboxylic acids is 1. The molecule has 0 radical (unpaired) electrons. The molecule has 0 unspecified atom stereocenters. The summed E-state index contributed by atoms with van der Waals surface area (Å²) in [7, 11) is 0. The number of rotatable bonds is 6. The summed E-state index contributed by atoms with van der Waals surface area (Å²) in [6.07, 6.45) is 5.35. The van der Waals surface area contributed by atoms with Crippen molar-refractivity contribution < 1.29 is 4.79 Å². The van der Waals surface area contributed by atoms with Crippen LogP contribution in [0.2, 0.25) is 0 Å². The second kappa shape index (κ2) is 9.08. The number of benzene rings is 3. The zero-order chi connectivity index (χ0) is 21.8. The summed E-state index contributed by atoms with van der Waals surface area (Å²) in [4.78, 5) is 21.3. The molecule has 5 rings (SSSR count). The Balaban J connectivity index is 1.21. The fourth-order valence-electron chi connectivity index (χ4n) is 3.53. The number of amides is 1. The van der Waals surface area contributed by atoms with E-state index in [1.165, 1.54) is 0 Å². The summed E-state index contributed by atoms with van der Waals surface area (Å²) >= 11 is 1.74. The third kappa shape index (κ3) is 4.26. The standard InChI is InChI=1S/C26H20N4OS/c31-26(30-29-16-21-15-28-23-8-2-1-7-22(21)23)20-12-10-18(11-13-20)17-32-24-9-3-5-19-6-4-14-27-25(19)24/h1-16,28H,17H2,(H,30,31)/b29-16-. The molecule has 0 atom stereocenters. The SMILES string of the molecule is O=C(N/N=C\c1c[nH]c2ccccc12)c1ccc(CSc2cccc3cccnc23)cc1. The van der Waals surface area contributed by atoms with Gasteiger partial charge in [-0.3, -0.25) is 9.78 Å². The molecule has 0 fully saturated rings. The lowest BCUT2D eigenvalue weighted by molar-refractivity contribution is 0.0955. The Morgan fingerprint density at radius 2 is 1.84 bits per heavy atom. The fourth-order valence-corrected chi connectivity index (χ4v) is 4.53. The van der Waals surface area contributed by atoms with E-state index in [0.717, 1.165) is 43.6 Å². The summed E-state index contributed by atoms with van der Waals surface area (Å²) in [5.74, 6) is 0.564. The third-order valence-corrected chi connectivity index (χ3v) is 6.32. The van der Waals surface area contributed by atoms with Crippen molar-refractivity contribution in [2.75, 3.05) is 0 Å². The molecule has 3 aromatic carbocycles. The van der Waals surface area contributed by atoms with E-state index in [0.29, 0.717) is 5.56 Å². The predicted molar refractivity (Wildman–Crippen MR) is 131 cm³/mol. The van der Waals surface area contributed by atoms with E-state index < -0.39 is 0 Å². The Morgan fingerprint density at radius 1 is 1.00 bits per heavy atom. The van der Waals surface area contributed by atoms with Gasteiger partial charge < -0.3 is 4.98 Å². The van der Waals surface area contributed by atoms with Gasteiger partial charge in [0.2, 0.25) is 0 Å². The Morgan fingerprint density at radius 3 is 2.75 bits per heavy atom. The van der Waals surface area contributed by atoms with Gasteiger partial charge in [-0.1, -0.05) is 48.5 Å². The minimum Gasteiger partial charge on any atom is -0.361 e. The summed E-state index contributed by atoms with van der Waals surface area (Å²) in [6, 6.07) is 25.8. The lowest BCUT2D eigenvalue weighted by atomic mass is 10.1. The van der Waals surface area contributed by atoms with Crippen LogP contribution in [0.5, 0.6) is 0 Å². The quantitative estimate of drug-likeness (QED) is 0.202. The van der Waals surface area contributed by atoms with Gasteiger partial charge >= 0.3 is 0 Å². The van der Waals surface area contributed by atoms with Crippen molar-refractivity contribution >= 4 is 45.7 Å². The fraction of sp³-hybridized carbons (Fsp3) is 0.0385. The maximum absolute atomic E-state index is 12.4. The minimum atomic E-state index is -0.237. The molecule has 0 saturated carbocycles. The van der Waals surface area contributed by atoms with Crippen molar-refractivity contribution in [1.82, 2.24) is 15.4 Å². The molecule has 0 spiro atoms. The molecule has 0 saturated heterocycles. The largest absolute Gasteiger partial charge is 0.361 e. The number of nitrogens with one attached hydrogen (secondary N) is 2. The highest BCUT2D eigenvalue weighted by atomic mass is 32.2. The number of aromatic amines is 1. The Kier molecular flexibility index (Phi) is 5.68. The third-order valence-electron chi connectivity index (χ3n) is 5.20. The summed E-state index contributed by atoms with van der Waals surface area (Å²) < 4.78 is 0. The Labute approximate surface area is 189 Å². The average molecular weight is 437 g/mol. The Bertz CT molecular complexity index is 1420. The van der Waals surface area contributed by atoms with Crippen LogP contribution in [-0.4, -0.2) is 22.1 Å². The number of carbonyl (C=O) groups is 1. The first kappa shape index (κ1) is 20.0. The molecule has 32 heavy (non-hydrogen) atoms. The second-order valence-corrected chi connectivity index (χ2v) is 8.32. The topological polar surface area (TPSA) is 70.1 Å². The zero-order valence-electron chi connectivity index (χ0n) is 17.2. The van der Waals surface area contributed by atoms with Crippen LogP contribution in [0.3, 0.4) is 0 Å². The molecule has 2 heterocycles. The summed E-state index contributed by atoms with van der Waals surface area (Å²) in [5, 5.41) is 6.31. The molecule has 0 bridgehead atoms. The van der Waals surface area contributed by atoms with Gasteiger partial charge in [0, 0.05) is 50.5 Å². The molecule has 5 nitrogen and oxygen atoms in total. The number of H-pyrrole nitrogens is 1. The summed E-state index contributed by atoms with van der Waals surface area (Å²) in [6.45, 7) is 0. The van der Waals surface area contributed by atoms with E-state index in [1.807, 2.05) is 67.0 Å². The highest BCUT2D eigenvalue weighted by molar-refractivity contribution is 7.98. The number of hydrazone groups is 1. The van der Waals surface area contributed by atoms with Gasteiger partial charge in [0.15, 0.2) is 0 Å². The van der Waals surface area contributed by atoms with Gasteiger partial charge in [0.05, 0.1) is 11.7 Å². The normalized spacial score (nSPS) is 11.4. The molecule has 1 amide bonds. The molecule has 0 aliphatic carbocycles. The Hall–Kier alpha value is -3.90. The second-order valence-electron chi connectivity index (χ2n) is 7.31. The highest BCUT2D eigenvalue weighted by Gasteiger charge is 2.07. The maximum atomic E-state index is 12.4. The van der Waals surface area contributed by atoms with Gasteiger partial charge in [0.25, 0.3) is 5.91 Å². The zero-order valence-corrected chi connectivity index (χ0v) is 18.0. The first-order valence-corrected chi connectivity index (χ1v) is 11.2. The van der Waals surface area contributed by atoms with Gasteiger partial charge in [-0.25, -0.2) is 5.43 Å². The van der Waals surface area contributed by atoms with Crippen LogP contribution in [0.4, 0.5) is 0 Å². The average Bonchev–Trinajstić information content (AvgIpc) is 3.26. The van der Waals surface area contributed by atoms with Crippen molar-refractivity contribution in [3.63, 3.8) is 0 Å². The van der Waals surface area contributed by atoms with Crippen LogP contribution in [0, 0.1) is 0 Å². The number of hydrogen-bond acceptors (Lipinski definition) is 4. The molecular formula is C26H20N4OS. The lowest BCUT2D eigenvalue weighted by Crippen LogP contribution is -2.17. The molecule has 5 aromatic rings. The maximum Gasteiger partial charge on any atom is 0.271 e. The number of hydrogen-bond donors (Lipinski definition) is 2. The molecule has 6 heteroatoms. The van der Waals surface area contributed by atoms with Crippen LogP contribution < -0.4 is 5.43 Å². The number of fused-ring (bicyclic) bond motifs is 2. The van der Waals surface area contributed by atoms with Crippen LogP contribution in [0.1, 0.15) is 21.5 Å². The molecule has 156 valence electrons. The predicted octanol–water partition coefficient (Wildman–Crippen LogP) is 5.77. The van der Waals surface area contributed by atoms with Crippen molar-refractivity contribution in [2.45, 2.75) is 10.6 Å². The number of para-hydroxylation sites is 2. The van der Waals surface area contributed by atoms with Crippen molar-refractivity contribution in [2.24, 2.45) is 5.10 Å². The number of nitrogens with zero attached hydrogens (tertiary/aromatic N) is 2. The van der Waals surface area contributed by atoms with Crippen LogP contribution in [0.15, 0.2) is 101 Å². The van der Waals surface area contributed by atoms with Gasteiger partial charge in [-0.05, 0) is 35.9 Å². The monoisotopic (exact) mass is 436 g/mol. The van der Waals surface area contributed by atoms with Crippen LogP contribution >= 0.6 is 11.8 Å². The molecule has 2 N–H and O–H groups in total. The van der Waals surface area contributed by atoms with Gasteiger partial charge in [0.1, 0.15) is 0 Å². The van der Waals surface area contributed by atoms with Crippen molar-refractivity contribution in [3.8, 4) is 0 Å². The molecule has 0 aliphatic rings. The van der Waals surface area contributed by atoms with Gasteiger partial charge in [-0.15, -0.1) is 11.8 Å². The van der Waals surface area contributed by atoms with Crippen LogP contribution in [0.25, 0.3) is 21.8 Å². The highest BCUT2D eigenvalue weighted by Crippen LogP contribution is 2.29. The number of pyridine rings is 1.